The Labute approximate surface area is 106 Å². The van der Waals surface area contributed by atoms with Crippen molar-refractivity contribution >= 4 is 11.8 Å². The lowest BCUT2D eigenvalue weighted by Gasteiger charge is -2.05. The Kier molecular flexibility index (Phi) is 5.38. The summed E-state index contributed by atoms with van der Waals surface area (Å²) in [6.07, 6.45) is 3.19. The van der Waals surface area contributed by atoms with Gasteiger partial charge < -0.3 is 10.6 Å². The van der Waals surface area contributed by atoms with Crippen LogP contribution in [0.4, 0.5) is 0 Å². The van der Waals surface area contributed by atoms with E-state index >= 15 is 0 Å². The highest BCUT2D eigenvalue weighted by Crippen LogP contribution is 2.05. The molecule has 1 aromatic rings. The Balaban J connectivity index is 2.78. The lowest BCUT2D eigenvalue weighted by molar-refractivity contribution is 0.0957. The molecule has 0 unspecified atom stereocenters. The molecule has 1 aromatic carbocycles. The summed E-state index contributed by atoms with van der Waals surface area (Å²) in [5.74, 6) is -0.457. The van der Waals surface area contributed by atoms with E-state index in [2.05, 4.69) is 23.8 Å². The van der Waals surface area contributed by atoms with Gasteiger partial charge in [0.05, 0.1) is 0 Å². The van der Waals surface area contributed by atoms with Crippen LogP contribution in [-0.2, 0) is 0 Å². The monoisotopic (exact) mass is 244 g/mol. The third kappa shape index (κ3) is 3.90. The first-order valence-electron chi connectivity index (χ1n) is 5.57. The summed E-state index contributed by atoms with van der Waals surface area (Å²) >= 11 is 0. The van der Waals surface area contributed by atoms with Gasteiger partial charge in [-0.05, 0) is 18.2 Å². The van der Waals surface area contributed by atoms with Gasteiger partial charge in [0, 0.05) is 24.2 Å². The van der Waals surface area contributed by atoms with E-state index in [1.165, 1.54) is 0 Å². The lowest BCUT2D eigenvalue weighted by Crippen LogP contribution is -2.25. The summed E-state index contributed by atoms with van der Waals surface area (Å²) in [6, 6.07) is 6.54. The molecule has 0 saturated carbocycles. The second-order valence-electron chi connectivity index (χ2n) is 3.58. The van der Waals surface area contributed by atoms with E-state index in [1.807, 2.05) is 0 Å². The molecule has 18 heavy (non-hydrogen) atoms. The van der Waals surface area contributed by atoms with Gasteiger partial charge >= 0.3 is 0 Å². The van der Waals surface area contributed by atoms with E-state index in [1.54, 1.807) is 36.4 Å². The zero-order valence-electron chi connectivity index (χ0n) is 10.1. The van der Waals surface area contributed by atoms with Crippen molar-refractivity contribution in [1.82, 2.24) is 10.6 Å². The first-order chi connectivity index (χ1) is 8.69. The molecule has 4 heteroatoms. The van der Waals surface area contributed by atoms with Crippen LogP contribution < -0.4 is 10.6 Å². The summed E-state index contributed by atoms with van der Waals surface area (Å²) < 4.78 is 0. The van der Waals surface area contributed by atoms with Crippen LogP contribution in [0, 0.1) is 0 Å². The third-order valence-corrected chi connectivity index (χ3v) is 2.20. The summed E-state index contributed by atoms with van der Waals surface area (Å²) in [5, 5.41) is 5.31. The number of benzene rings is 1. The molecule has 0 radical (unpaired) electrons. The van der Waals surface area contributed by atoms with Gasteiger partial charge in [-0.25, -0.2) is 0 Å². The molecule has 0 saturated heterocycles. The zero-order chi connectivity index (χ0) is 13.4. The van der Waals surface area contributed by atoms with Crippen molar-refractivity contribution in [3.63, 3.8) is 0 Å². The number of hydrogen-bond donors (Lipinski definition) is 2. The molecule has 4 nitrogen and oxygen atoms in total. The molecule has 0 fully saturated rings. The van der Waals surface area contributed by atoms with Crippen LogP contribution in [0.3, 0.4) is 0 Å². The largest absolute Gasteiger partial charge is 0.349 e. The van der Waals surface area contributed by atoms with Gasteiger partial charge in [-0.1, -0.05) is 18.2 Å². The SMILES string of the molecule is C=CCNC(=O)c1cccc(C(=O)NCC=C)c1. The lowest BCUT2D eigenvalue weighted by atomic mass is 10.1. The summed E-state index contributed by atoms with van der Waals surface area (Å²) in [6.45, 7) is 7.82. The van der Waals surface area contributed by atoms with E-state index in [4.69, 9.17) is 0 Å². The first kappa shape index (κ1) is 13.7. The van der Waals surface area contributed by atoms with Gasteiger partial charge in [-0.2, -0.15) is 0 Å². The van der Waals surface area contributed by atoms with Crippen LogP contribution in [0.1, 0.15) is 20.7 Å². The maximum Gasteiger partial charge on any atom is 0.251 e. The zero-order valence-corrected chi connectivity index (χ0v) is 10.1. The predicted molar refractivity (Wildman–Crippen MR) is 71.5 cm³/mol. The van der Waals surface area contributed by atoms with Crippen LogP contribution in [0.5, 0.6) is 0 Å². The fourth-order valence-corrected chi connectivity index (χ4v) is 1.34. The summed E-state index contributed by atoms with van der Waals surface area (Å²) in [7, 11) is 0. The highest BCUT2D eigenvalue weighted by atomic mass is 16.2. The Bertz CT molecular complexity index is 427. The van der Waals surface area contributed by atoms with Crippen LogP contribution in [-0.4, -0.2) is 24.9 Å². The van der Waals surface area contributed by atoms with Crippen molar-refractivity contribution in [3.8, 4) is 0 Å². The minimum absolute atomic E-state index is 0.228. The van der Waals surface area contributed by atoms with Crippen molar-refractivity contribution in [2.24, 2.45) is 0 Å². The van der Waals surface area contributed by atoms with E-state index in [0.29, 0.717) is 24.2 Å². The topological polar surface area (TPSA) is 58.2 Å². The Morgan fingerprint density at radius 3 is 1.83 bits per heavy atom. The normalized spacial score (nSPS) is 9.33. The van der Waals surface area contributed by atoms with E-state index in [9.17, 15) is 9.59 Å². The molecule has 0 aromatic heterocycles. The molecular formula is C14H16N2O2. The predicted octanol–water partition coefficient (Wildman–Crippen LogP) is 1.52. The van der Waals surface area contributed by atoms with Gasteiger partial charge in [-0.15, -0.1) is 13.2 Å². The van der Waals surface area contributed by atoms with Crippen LogP contribution >= 0.6 is 0 Å². The van der Waals surface area contributed by atoms with Crippen LogP contribution in [0.15, 0.2) is 49.6 Å². The van der Waals surface area contributed by atoms with E-state index in [0.717, 1.165) is 0 Å². The Morgan fingerprint density at radius 1 is 1.00 bits per heavy atom. The van der Waals surface area contributed by atoms with Gasteiger partial charge in [-0.3, -0.25) is 9.59 Å². The van der Waals surface area contributed by atoms with Crippen molar-refractivity contribution in [2.75, 3.05) is 13.1 Å². The van der Waals surface area contributed by atoms with Crippen molar-refractivity contribution in [1.29, 1.82) is 0 Å². The smallest absolute Gasteiger partial charge is 0.251 e. The highest BCUT2D eigenvalue weighted by molar-refractivity contribution is 5.99. The first-order valence-corrected chi connectivity index (χ1v) is 5.57. The number of amides is 2. The molecule has 94 valence electrons. The molecule has 2 N–H and O–H groups in total. The Morgan fingerprint density at radius 2 is 1.44 bits per heavy atom. The number of hydrogen-bond acceptors (Lipinski definition) is 2. The molecule has 0 spiro atoms. The van der Waals surface area contributed by atoms with Crippen LogP contribution in [0.2, 0.25) is 0 Å². The van der Waals surface area contributed by atoms with Crippen molar-refractivity contribution in [3.05, 3.63) is 60.7 Å². The second kappa shape index (κ2) is 7.06. The van der Waals surface area contributed by atoms with Gasteiger partial charge in [0.15, 0.2) is 0 Å². The van der Waals surface area contributed by atoms with E-state index in [-0.39, 0.29) is 11.8 Å². The van der Waals surface area contributed by atoms with Crippen molar-refractivity contribution in [2.45, 2.75) is 0 Å². The maximum absolute atomic E-state index is 11.7. The van der Waals surface area contributed by atoms with Gasteiger partial charge in [0.25, 0.3) is 11.8 Å². The average molecular weight is 244 g/mol. The van der Waals surface area contributed by atoms with Crippen LogP contribution in [0.25, 0.3) is 0 Å². The molecular weight excluding hydrogens is 228 g/mol. The molecule has 0 bridgehead atoms. The highest BCUT2D eigenvalue weighted by Gasteiger charge is 2.08. The molecule has 0 atom stereocenters. The van der Waals surface area contributed by atoms with Gasteiger partial charge in [0.2, 0.25) is 0 Å². The van der Waals surface area contributed by atoms with Crippen molar-refractivity contribution < 1.29 is 9.59 Å². The standard InChI is InChI=1S/C14H16N2O2/c1-3-8-15-13(17)11-6-5-7-12(10-11)14(18)16-9-4-2/h3-7,10H,1-2,8-9H2,(H,15,17)(H,16,18). The summed E-state index contributed by atoms with van der Waals surface area (Å²) in [5.41, 5.74) is 0.895. The molecule has 2 amide bonds. The number of nitrogens with one attached hydrogen (secondary N) is 2. The Hall–Kier alpha value is -2.36. The molecule has 0 heterocycles. The number of rotatable bonds is 6. The average Bonchev–Trinajstić information content (AvgIpc) is 2.42. The fourth-order valence-electron chi connectivity index (χ4n) is 1.34. The second-order valence-corrected chi connectivity index (χ2v) is 3.58. The molecule has 0 aliphatic rings. The minimum Gasteiger partial charge on any atom is -0.349 e. The fraction of sp³-hybridized carbons (Fsp3) is 0.143. The molecule has 0 aliphatic heterocycles. The summed E-state index contributed by atoms with van der Waals surface area (Å²) in [4.78, 5) is 23.4. The molecule has 0 aliphatic carbocycles. The molecule has 1 rings (SSSR count). The quantitative estimate of drug-likeness (QED) is 0.745. The maximum atomic E-state index is 11.7. The van der Waals surface area contributed by atoms with Gasteiger partial charge in [0.1, 0.15) is 0 Å². The number of carbonyl (C=O) groups is 2. The minimum atomic E-state index is -0.228. The number of carbonyl (C=O) groups excluding carboxylic acids is 2. The van der Waals surface area contributed by atoms with E-state index < -0.39 is 0 Å². The third-order valence-electron chi connectivity index (χ3n) is 2.20.